The highest BCUT2D eigenvalue weighted by atomic mass is 35.5. The maximum atomic E-state index is 12.9. The molecule has 1 aliphatic heterocycles. The predicted octanol–water partition coefficient (Wildman–Crippen LogP) is 2.55. The van der Waals surface area contributed by atoms with Gasteiger partial charge in [0.15, 0.2) is 0 Å². The third kappa shape index (κ3) is 3.98. The number of sulfonamides is 1. The number of nitrogens with one attached hydrogen (secondary N) is 1. The summed E-state index contributed by atoms with van der Waals surface area (Å²) in [6.45, 7) is 1.84. The molecule has 2 amide bonds. The minimum Gasteiger partial charge on any atom is -0.317 e. The molecule has 4 rings (SSSR count). The molecular formula is C21H17ClN4O4S. The van der Waals surface area contributed by atoms with Crippen molar-refractivity contribution in [3.05, 3.63) is 82.6 Å². The van der Waals surface area contributed by atoms with Crippen molar-refractivity contribution in [3.63, 3.8) is 0 Å². The van der Waals surface area contributed by atoms with Gasteiger partial charge in [-0.3, -0.25) is 15.0 Å². The molecule has 8 nitrogen and oxygen atoms in total. The number of benzene rings is 2. The fraction of sp³-hybridized carbons (Fsp3) is 0.0476. The van der Waals surface area contributed by atoms with Crippen LogP contribution in [0.25, 0.3) is 11.8 Å². The number of hydrazine groups is 1. The van der Waals surface area contributed by atoms with E-state index in [0.717, 1.165) is 10.6 Å². The molecule has 2 aromatic carbocycles. The molecule has 1 saturated heterocycles. The first-order valence-corrected chi connectivity index (χ1v) is 11.0. The van der Waals surface area contributed by atoms with Crippen LogP contribution in [-0.4, -0.2) is 24.8 Å². The third-order valence-electron chi connectivity index (χ3n) is 4.82. The standard InChI is InChI=1S/C21H17ClN4O4S/c1-13-4-5-16(12-19(13)22)26-21(28)18(20(27)24-26)11-15-3-2-10-25(15)14-6-8-17(9-7-14)31(23,29)30/h2-12H,1H3,(H,24,27)(H2,23,29,30). The number of primary sulfonamides is 1. The van der Waals surface area contributed by atoms with Gasteiger partial charge in [0.05, 0.1) is 10.6 Å². The first-order chi connectivity index (χ1) is 14.6. The first kappa shape index (κ1) is 20.9. The second-order valence-corrected chi connectivity index (χ2v) is 8.88. The molecule has 1 fully saturated rings. The van der Waals surface area contributed by atoms with Crippen LogP contribution in [0.1, 0.15) is 11.3 Å². The molecule has 0 saturated carbocycles. The highest BCUT2D eigenvalue weighted by Gasteiger charge is 2.34. The zero-order valence-electron chi connectivity index (χ0n) is 16.2. The Balaban J connectivity index is 1.67. The van der Waals surface area contributed by atoms with E-state index in [1.54, 1.807) is 53.2 Å². The van der Waals surface area contributed by atoms with Gasteiger partial charge in [-0.15, -0.1) is 0 Å². The molecule has 0 radical (unpaired) electrons. The van der Waals surface area contributed by atoms with Crippen molar-refractivity contribution < 1.29 is 18.0 Å². The van der Waals surface area contributed by atoms with Gasteiger partial charge in [-0.25, -0.2) is 18.6 Å². The Morgan fingerprint density at radius 2 is 1.71 bits per heavy atom. The molecule has 0 bridgehead atoms. The minimum absolute atomic E-state index is 0.0129. The number of amides is 2. The Kier molecular flexibility index (Phi) is 5.18. The number of anilines is 1. The van der Waals surface area contributed by atoms with Gasteiger partial charge < -0.3 is 4.57 Å². The summed E-state index contributed by atoms with van der Waals surface area (Å²) in [6, 6.07) is 14.5. The lowest BCUT2D eigenvalue weighted by atomic mass is 10.2. The number of carbonyl (C=O) groups excluding carboxylic acids is 2. The fourth-order valence-corrected chi connectivity index (χ4v) is 3.84. The van der Waals surface area contributed by atoms with Gasteiger partial charge in [0.1, 0.15) is 5.57 Å². The maximum absolute atomic E-state index is 12.9. The Morgan fingerprint density at radius 3 is 2.35 bits per heavy atom. The van der Waals surface area contributed by atoms with Crippen LogP contribution in [-0.2, 0) is 19.6 Å². The summed E-state index contributed by atoms with van der Waals surface area (Å²) in [5.74, 6) is -1.05. The fourth-order valence-electron chi connectivity index (χ4n) is 3.15. The van der Waals surface area contributed by atoms with E-state index < -0.39 is 21.8 Å². The van der Waals surface area contributed by atoms with Crippen LogP contribution in [0.15, 0.2) is 71.3 Å². The van der Waals surface area contributed by atoms with Crippen molar-refractivity contribution in [3.8, 4) is 5.69 Å². The lowest BCUT2D eigenvalue weighted by Gasteiger charge is -2.15. The van der Waals surface area contributed by atoms with E-state index in [9.17, 15) is 18.0 Å². The summed E-state index contributed by atoms with van der Waals surface area (Å²) >= 11 is 6.14. The van der Waals surface area contributed by atoms with E-state index in [1.807, 2.05) is 6.92 Å². The quantitative estimate of drug-likeness (QED) is 0.463. The number of nitrogens with zero attached hydrogens (tertiary/aromatic N) is 2. The van der Waals surface area contributed by atoms with E-state index in [0.29, 0.717) is 22.1 Å². The number of halogens is 1. The molecule has 1 aliphatic rings. The van der Waals surface area contributed by atoms with Gasteiger partial charge in [0.2, 0.25) is 10.0 Å². The molecule has 0 aliphatic carbocycles. The van der Waals surface area contributed by atoms with Crippen LogP contribution in [0.2, 0.25) is 5.02 Å². The van der Waals surface area contributed by atoms with Crippen LogP contribution in [0.5, 0.6) is 0 Å². The predicted molar refractivity (Wildman–Crippen MR) is 117 cm³/mol. The second kappa shape index (κ2) is 7.69. The van der Waals surface area contributed by atoms with E-state index in [4.69, 9.17) is 16.7 Å². The second-order valence-electron chi connectivity index (χ2n) is 6.91. The number of carbonyl (C=O) groups is 2. The van der Waals surface area contributed by atoms with Crippen molar-refractivity contribution in [1.82, 2.24) is 9.99 Å². The van der Waals surface area contributed by atoms with Gasteiger partial charge >= 0.3 is 0 Å². The summed E-state index contributed by atoms with van der Waals surface area (Å²) in [6.07, 6.45) is 3.20. The summed E-state index contributed by atoms with van der Waals surface area (Å²) in [5.41, 5.74) is 5.00. The molecule has 0 atom stereocenters. The molecule has 10 heteroatoms. The van der Waals surface area contributed by atoms with Crippen molar-refractivity contribution in [1.29, 1.82) is 0 Å². The summed E-state index contributed by atoms with van der Waals surface area (Å²) < 4.78 is 24.6. The monoisotopic (exact) mass is 456 g/mol. The Hall–Kier alpha value is -3.40. The number of hydrogen-bond acceptors (Lipinski definition) is 4. The molecule has 158 valence electrons. The summed E-state index contributed by atoms with van der Waals surface area (Å²) in [5, 5.41) is 6.76. The smallest absolute Gasteiger partial charge is 0.282 e. The minimum atomic E-state index is -3.80. The topological polar surface area (TPSA) is 114 Å². The van der Waals surface area contributed by atoms with Crippen LogP contribution in [0, 0.1) is 6.92 Å². The maximum Gasteiger partial charge on any atom is 0.282 e. The van der Waals surface area contributed by atoms with E-state index in [2.05, 4.69) is 5.43 Å². The zero-order valence-corrected chi connectivity index (χ0v) is 17.8. The average Bonchev–Trinajstić information content (AvgIpc) is 3.29. The van der Waals surface area contributed by atoms with Crippen LogP contribution in [0.4, 0.5) is 5.69 Å². The number of hydrogen-bond donors (Lipinski definition) is 2. The molecule has 2 heterocycles. The lowest BCUT2D eigenvalue weighted by Crippen LogP contribution is -2.35. The first-order valence-electron chi connectivity index (χ1n) is 9.09. The number of aromatic nitrogens is 1. The molecular weight excluding hydrogens is 440 g/mol. The summed E-state index contributed by atoms with van der Waals surface area (Å²) in [4.78, 5) is 25.4. The van der Waals surface area contributed by atoms with Gasteiger partial charge in [0.25, 0.3) is 11.8 Å². The number of aryl methyl sites for hydroxylation is 1. The highest BCUT2D eigenvalue weighted by molar-refractivity contribution is 7.89. The van der Waals surface area contributed by atoms with Gasteiger partial charge in [-0.1, -0.05) is 17.7 Å². The highest BCUT2D eigenvalue weighted by Crippen LogP contribution is 2.27. The number of rotatable bonds is 4. The van der Waals surface area contributed by atoms with Crippen LogP contribution >= 0.6 is 11.6 Å². The van der Waals surface area contributed by atoms with E-state index >= 15 is 0 Å². The van der Waals surface area contributed by atoms with Gasteiger partial charge in [-0.2, -0.15) is 0 Å². The van der Waals surface area contributed by atoms with Gasteiger partial charge in [0, 0.05) is 22.6 Å². The summed E-state index contributed by atoms with van der Waals surface area (Å²) in [7, 11) is -3.80. The van der Waals surface area contributed by atoms with Gasteiger partial charge in [-0.05, 0) is 67.1 Å². The zero-order chi connectivity index (χ0) is 22.3. The van der Waals surface area contributed by atoms with Crippen molar-refractivity contribution >= 4 is 45.2 Å². The number of nitrogens with two attached hydrogens (primary N) is 1. The van der Waals surface area contributed by atoms with Crippen molar-refractivity contribution in [2.45, 2.75) is 11.8 Å². The molecule has 1 aromatic heterocycles. The third-order valence-corrected chi connectivity index (χ3v) is 6.16. The normalized spacial score (nSPS) is 15.6. The molecule has 3 N–H and O–H groups in total. The van der Waals surface area contributed by atoms with Crippen molar-refractivity contribution in [2.24, 2.45) is 5.14 Å². The molecule has 31 heavy (non-hydrogen) atoms. The SMILES string of the molecule is Cc1ccc(N2NC(=O)C(=Cc3cccn3-c3ccc(S(N)(=O)=O)cc3)C2=O)cc1Cl. The Bertz CT molecular complexity index is 1340. The molecule has 3 aromatic rings. The average molecular weight is 457 g/mol. The Labute approximate surface area is 183 Å². The molecule has 0 unspecified atom stereocenters. The lowest BCUT2D eigenvalue weighted by molar-refractivity contribution is -0.117. The van der Waals surface area contributed by atoms with Crippen molar-refractivity contribution in [2.75, 3.05) is 5.01 Å². The van der Waals surface area contributed by atoms with E-state index in [1.165, 1.54) is 18.2 Å². The Morgan fingerprint density at radius 1 is 1.03 bits per heavy atom. The van der Waals surface area contributed by atoms with E-state index in [-0.39, 0.29) is 10.5 Å². The van der Waals surface area contributed by atoms with Crippen LogP contribution in [0.3, 0.4) is 0 Å². The largest absolute Gasteiger partial charge is 0.317 e. The van der Waals surface area contributed by atoms with Crippen LogP contribution < -0.4 is 15.6 Å². The molecule has 0 spiro atoms.